The summed E-state index contributed by atoms with van der Waals surface area (Å²) >= 11 is 0. The summed E-state index contributed by atoms with van der Waals surface area (Å²) in [6.07, 6.45) is 7.87. The molecule has 2 aliphatic heterocycles. The van der Waals surface area contributed by atoms with Crippen molar-refractivity contribution in [1.29, 1.82) is 0 Å². The zero-order valence-corrected chi connectivity index (χ0v) is 16.6. The molecule has 1 unspecified atom stereocenters. The van der Waals surface area contributed by atoms with E-state index in [2.05, 4.69) is 15.2 Å². The van der Waals surface area contributed by atoms with E-state index in [0.29, 0.717) is 23.5 Å². The highest BCUT2D eigenvalue weighted by Gasteiger charge is 2.34. The molecule has 2 amide bonds. The van der Waals surface area contributed by atoms with Crippen LogP contribution >= 0.6 is 0 Å². The van der Waals surface area contributed by atoms with Crippen molar-refractivity contribution >= 4 is 11.8 Å². The molecule has 4 rings (SSSR count). The minimum absolute atomic E-state index is 0.0104. The van der Waals surface area contributed by atoms with E-state index in [1.807, 2.05) is 4.90 Å². The summed E-state index contributed by atoms with van der Waals surface area (Å²) in [6, 6.07) is 4.43. The first-order chi connectivity index (χ1) is 13.7. The van der Waals surface area contributed by atoms with Crippen LogP contribution in [0.4, 0.5) is 0 Å². The van der Waals surface area contributed by atoms with Gasteiger partial charge in [-0.1, -0.05) is 0 Å². The monoisotopic (exact) mass is 386 g/mol. The standard InChI is InChI=1S/C21H30N4O3/c1-28-20-18(5-2-10-22-20)21(27)24-12-8-17(9-13-24)25-11-3-4-15(14-25)19(26)23-16-6-7-16/h2,5,10,15-17H,3-4,6-9,11-14H2,1H3,(H,23,26). The fraction of sp³-hybridized carbons (Fsp3) is 0.667. The molecule has 0 aromatic carbocycles. The third-order valence-corrected chi connectivity index (χ3v) is 6.21. The normalized spacial score (nSPS) is 24.0. The molecule has 7 heteroatoms. The first-order valence-electron chi connectivity index (χ1n) is 10.5. The van der Waals surface area contributed by atoms with Crippen molar-refractivity contribution in [3.63, 3.8) is 0 Å². The number of rotatable bonds is 5. The van der Waals surface area contributed by atoms with Crippen molar-refractivity contribution in [1.82, 2.24) is 20.1 Å². The van der Waals surface area contributed by atoms with Crippen LogP contribution in [0.1, 0.15) is 48.9 Å². The van der Waals surface area contributed by atoms with Gasteiger partial charge in [-0.15, -0.1) is 0 Å². The van der Waals surface area contributed by atoms with Gasteiger partial charge >= 0.3 is 0 Å². The van der Waals surface area contributed by atoms with Crippen LogP contribution < -0.4 is 10.1 Å². The molecule has 1 aliphatic carbocycles. The number of carbonyl (C=O) groups excluding carboxylic acids is 2. The SMILES string of the molecule is COc1ncccc1C(=O)N1CCC(N2CCCC(C(=O)NC3CC3)C2)CC1. The molecular weight excluding hydrogens is 356 g/mol. The number of amides is 2. The van der Waals surface area contributed by atoms with Gasteiger partial charge in [-0.05, 0) is 57.2 Å². The Kier molecular flexibility index (Phi) is 5.80. The van der Waals surface area contributed by atoms with Crippen LogP contribution in [0.3, 0.4) is 0 Å². The van der Waals surface area contributed by atoms with E-state index in [4.69, 9.17) is 4.74 Å². The van der Waals surface area contributed by atoms with E-state index < -0.39 is 0 Å². The number of pyridine rings is 1. The first-order valence-corrected chi connectivity index (χ1v) is 10.5. The zero-order valence-electron chi connectivity index (χ0n) is 16.6. The lowest BCUT2D eigenvalue weighted by molar-refractivity contribution is -0.127. The molecule has 3 fully saturated rings. The second kappa shape index (κ2) is 8.47. The summed E-state index contributed by atoms with van der Waals surface area (Å²) in [4.78, 5) is 33.8. The van der Waals surface area contributed by atoms with E-state index >= 15 is 0 Å². The summed E-state index contributed by atoms with van der Waals surface area (Å²) in [5.74, 6) is 0.732. The van der Waals surface area contributed by atoms with E-state index in [0.717, 1.165) is 64.7 Å². The predicted octanol–water partition coefficient (Wildman–Crippen LogP) is 1.69. The Morgan fingerprint density at radius 2 is 1.93 bits per heavy atom. The van der Waals surface area contributed by atoms with Gasteiger partial charge in [0.2, 0.25) is 11.8 Å². The minimum atomic E-state index is -0.0104. The van der Waals surface area contributed by atoms with E-state index in [1.165, 1.54) is 7.11 Å². The number of carbonyl (C=O) groups is 2. The molecule has 7 nitrogen and oxygen atoms in total. The largest absolute Gasteiger partial charge is 0.480 e. The van der Waals surface area contributed by atoms with E-state index in [9.17, 15) is 9.59 Å². The average Bonchev–Trinajstić information content (AvgIpc) is 3.57. The van der Waals surface area contributed by atoms with E-state index in [1.54, 1.807) is 18.3 Å². The molecule has 3 heterocycles. The number of hydrogen-bond donors (Lipinski definition) is 1. The molecule has 1 aromatic rings. The lowest BCUT2D eigenvalue weighted by atomic mass is 9.93. The third-order valence-electron chi connectivity index (χ3n) is 6.21. The number of aromatic nitrogens is 1. The van der Waals surface area contributed by atoms with Crippen LogP contribution in [-0.4, -0.2) is 72.0 Å². The van der Waals surface area contributed by atoms with Crippen molar-refractivity contribution in [2.75, 3.05) is 33.3 Å². The third kappa shape index (κ3) is 4.29. The molecule has 1 atom stereocenters. The Bertz CT molecular complexity index is 713. The molecule has 2 saturated heterocycles. The van der Waals surface area contributed by atoms with Crippen LogP contribution in [-0.2, 0) is 4.79 Å². The number of nitrogens with one attached hydrogen (secondary N) is 1. The number of methoxy groups -OCH3 is 1. The lowest BCUT2D eigenvalue weighted by Gasteiger charge is -2.42. The molecule has 1 N–H and O–H groups in total. The maximum atomic E-state index is 12.9. The Morgan fingerprint density at radius 1 is 1.14 bits per heavy atom. The van der Waals surface area contributed by atoms with Crippen molar-refractivity contribution in [3.05, 3.63) is 23.9 Å². The van der Waals surface area contributed by atoms with E-state index in [-0.39, 0.29) is 17.7 Å². The fourth-order valence-corrected chi connectivity index (χ4v) is 4.42. The second-order valence-electron chi connectivity index (χ2n) is 8.20. The molecule has 0 radical (unpaired) electrons. The van der Waals surface area contributed by atoms with Crippen LogP contribution in [0.15, 0.2) is 18.3 Å². The van der Waals surface area contributed by atoms with Crippen LogP contribution in [0.2, 0.25) is 0 Å². The van der Waals surface area contributed by atoms with Gasteiger partial charge in [0.25, 0.3) is 5.91 Å². The highest BCUT2D eigenvalue weighted by molar-refractivity contribution is 5.96. The number of likely N-dealkylation sites (tertiary alicyclic amines) is 2. The van der Waals surface area contributed by atoms with Gasteiger partial charge in [-0.2, -0.15) is 0 Å². The number of nitrogens with zero attached hydrogens (tertiary/aromatic N) is 3. The van der Waals surface area contributed by atoms with Crippen LogP contribution in [0.25, 0.3) is 0 Å². The Labute approximate surface area is 166 Å². The molecule has 3 aliphatic rings. The maximum Gasteiger partial charge on any atom is 0.259 e. The molecule has 152 valence electrons. The molecule has 0 spiro atoms. The van der Waals surface area contributed by atoms with Gasteiger partial charge in [0, 0.05) is 37.9 Å². The molecule has 1 aromatic heterocycles. The highest BCUT2D eigenvalue weighted by Crippen LogP contribution is 2.27. The minimum Gasteiger partial charge on any atom is -0.480 e. The van der Waals surface area contributed by atoms with Crippen molar-refractivity contribution in [2.24, 2.45) is 5.92 Å². The van der Waals surface area contributed by atoms with Gasteiger partial charge in [0.15, 0.2) is 0 Å². The number of piperidine rings is 2. The maximum absolute atomic E-state index is 12.9. The summed E-state index contributed by atoms with van der Waals surface area (Å²) in [6.45, 7) is 3.38. The van der Waals surface area contributed by atoms with Gasteiger partial charge < -0.3 is 15.0 Å². The summed E-state index contributed by atoms with van der Waals surface area (Å²) in [5, 5.41) is 3.16. The predicted molar refractivity (Wildman–Crippen MR) is 105 cm³/mol. The lowest BCUT2D eigenvalue weighted by Crippen LogP contribution is -2.51. The Balaban J connectivity index is 1.31. The Morgan fingerprint density at radius 3 is 2.64 bits per heavy atom. The van der Waals surface area contributed by atoms with Gasteiger partial charge in [-0.3, -0.25) is 14.5 Å². The second-order valence-corrected chi connectivity index (χ2v) is 8.20. The first kappa shape index (κ1) is 19.2. The van der Waals surface area contributed by atoms with Gasteiger partial charge in [0.05, 0.1) is 13.0 Å². The summed E-state index contributed by atoms with van der Waals surface area (Å²) < 4.78 is 5.23. The fourth-order valence-electron chi connectivity index (χ4n) is 4.42. The van der Waals surface area contributed by atoms with Gasteiger partial charge in [-0.25, -0.2) is 4.98 Å². The van der Waals surface area contributed by atoms with Crippen molar-refractivity contribution < 1.29 is 14.3 Å². The number of hydrogen-bond acceptors (Lipinski definition) is 5. The zero-order chi connectivity index (χ0) is 19.5. The smallest absolute Gasteiger partial charge is 0.259 e. The highest BCUT2D eigenvalue weighted by atomic mass is 16.5. The molecule has 1 saturated carbocycles. The average molecular weight is 386 g/mol. The molecular formula is C21H30N4O3. The quantitative estimate of drug-likeness (QED) is 0.834. The van der Waals surface area contributed by atoms with Crippen molar-refractivity contribution in [3.8, 4) is 5.88 Å². The number of ether oxygens (including phenoxy) is 1. The van der Waals surface area contributed by atoms with Crippen LogP contribution in [0, 0.1) is 5.92 Å². The summed E-state index contributed by atoms with van der Waals surface area (Å²) in [7, 11) is 1.54. The molecule has 0 bridgehead atoms. The Hall–Kier alpha value is -2.15. The van der Waals surface area contributed by atoms with Crippen molar-refractivity contribution in [2.45, 2.75) is 50.6 Å². The van der Waals surface area contributed by atoms with Crippen LogP contribution in [0.5, 0.6) is 5.88 Å². The topological polar surface area (TPSA) is 74.8 Å². The molecule has 28 heavy (non-hydrogen) atoms. The summed E-state index contributed by atoms with van der Waals surface area (Å²) in [5.41, 5.74) is 0.526. The van der Waals surface area contributed by atoms with Gasteiger partial charge in [0.1, 0.15) is 5.56 Å².